The normalized spacial score (nSPS) is 23.8. The van der Waals surface area contributed by atoms with Gasteiger partial charge in [0, 0.05) is 24.5 Å². The maximum atomic E-state index is 13.8. The summed E-state index contributed by atoms with van der Waals surface area (Å²) in [6.07, 6.45) is 0.510. The molecule has 1 aliphatic heterocycles. The lowest BCUT2D eigenvalue weighted by molar-refractivity contribution is 0.0652. The number of hydrogen-bond acceptors (Lipinski definition) is 5. The van der Waals surface area contributed by atoms with Crippen molar-refractivity contribution in [2.45, 2.75) is 24.7 Å². The highest BCUT2D eigenvalue weighted by atomic mass is 19.1. The average molecular weight is 319 g/mol. The van der Waals surface area contributed by atoms with Crippen molar-refractivity contribution in [3.05, 3.63) is 36.0 Å². The lowest BCUT2D eigenvalue weighted by Gasteiger charge is -2.34. The molecule has 0 spiro atoms. The summed E-state index contributed by atoms with van der Waals surface area (Å²) in [6, 6.07) is 7.10. The highest BCUT2D eigenvalue weighted by molar-refractivity contribution is 5.83. The predicted octanol–water partition coefficient (Wildman–Crippen LogP) is 1.65. The molecule has 23 heavy (non-hydrogen) atoms. The van der Waals surface area contributed by atoms with E-state index in [0.29, 0.717) is 25.3 Å². The van der Waals surface area contributed by atoms with Crippen molar-refractivity contribution >= 4 is 10.9 Å². The third-order valence-corrected chi connectivity index (χ3v) is 4.44. The zero-order valence-electron chi connectivity index (χ0n) is 13.2. The van der Waals surface area contributed by atoms with Crippen molar-refractivity contribution < 1.29 is 14.2 Å². The number of halogens is 1. The van der Waals surface area contributed by atoms with Gasteiger partial charge >= 0.3 is 0 Å². The number of fused-ring (bicyclic) bond motifs is 1. The molecule has 1 saturated heterocycles. The van der Waals surface area contributed by atoms with Crippen LogP contribution < -0.4 is 10.5 Å². The number of aliphatic hydroxyl groups is 1. The van der Waals surface area contributed by atoms with Gasteiger partial charge in [-0.05, 0) is 30.7 Å². The molecule has 2 aromatic rings. The minimum absolute atomic E-state index is 0.268. The van der Waals surface area contributed by atoms with E-state index in [9.17, 15) is 9.50 Å². The fraction of sp³-hybridized carbons (Fsp3) is 0.471. The van der Waals surface area contributed by atoms with Crippen LogP contribution in [0.2, 0.25) is 0 Å². The molecule has 0 saturated carbocycles. The molecule has 5 nitrogen and oxygen atoms in total. The van der Waals surface area contributed by atoms with Gasteiger partial charge in [-0.1, -0.05) is 12.1 Å². The summed E-state index contributed by atoms with van der Waals surface area (Å²) in [5.74, 6) is 0.643. The first-order valence-electron chi connectivity index (χ1n) is 7.81. The van der Waals surface area contributed by atoms with E-state index in [2.05, 4.69) is 4.98 Å². The number of ether oxygens (including phenoxy) is 1. The molecular weight excluding hydrogens is 297 g/mol. The van der Waals surface area contributed by atoms with Crippen molar-refractivity contribution in [3.8, 4) is 5.75 Å². The predicted molar refractivity (Wildman–Crippen MR) is 87.2 cm³/mol. The van der Waals surface area contributed by atoms with E-state index in [1.807, 2.05) is 29.2 Å². The van der Waals surface area contributed by atoms with Gasteiger partial charge < -0.3 is 15.6 Å². The number of aliphatic hydroxyl groups excluding tert-OH is 1. The zero-order valence-corrected chi connectivity index (χ0v) is 13.2. The number of benzene rings is 1. The summed E-state index contributed by atoms with van der Waals surface area (Å²) in [5.41, 5.74) is 7.28. The van der Waals surface area contributed by atoms with Crippen LogP contribution in [-0.4, -0.2) is 53.9 Å². The molecule has 1 aromatic carbocycles. The Kier molecular flexibility index (Phi) is 4.75. The summed E-state index contributed by atoms with van der Waals surface area (Å²) < 4.78 is 19.0. The van der Waals surface area contributed by atoms with Gasteiger partial charge in [0.1, 0.15) is 11.9 Å². The van der Waals surface area contributed by atoms with Gasteiger partial charge in [-0.3, -0.25) is 9.88 Å². The maximum absolute atomic E-state index is 13.8. The Morgan fingerprint density at radius 2 is 2.35 bits per heavy atom. The molecule has 3 unspecified atom stereocenters. The first-order chi connectivity index (χ1) is 11.1. The topological polar surface area (TPSA) is 71.6 Å². The van der Waals surface area contributed by atoms with Gasteiger partial charge in [0.05, 0.1) is 24.9 Å². The molecule has 3 atom stereocenters. The molecule has 0 bridgehead atoms. The largest absolute Gasteiger partial charge is 0.495 e. The monoisotopic (exact) mass is 319 g/mol. The van der Waals surface area contributed by atoms with E-state index in [1.165, 1.54) is 0 Å². The Morgan fingerprint density at radius 1 is 1.52 bits per heavy atom. The Balaban J connectivity index is 1.81. The van der Waals surface area contributed by atoms with Gasteiger partial charge in [-0.25, -0.2) is 4.39 Å². The minimum atomic E-state index is -1.04. The van der Waals surface area contributed by atoms with E-state index in [1.54, 1.807) is 13.3 Å². The molecule has 3 rings (SSSR count). The first kappa shape index (κ1) is 16.1. The van der Waals surface area contributed by atoms with Gasteiger partial charge in [0.25, 0.3) is 0 Å². The number of likely N-dealkylation sites (tertiary alicyclic amines) is 1. The van der Waals surface area contributed by atoms with Gasteiger partial charge in [0.2, 0.25) is 0 Å². The number of nitrogens with zero attached hydrogens (tertiary/aromatic N) is 2. The number of methoxy groups -OCH3 is 1. The first-order valence-corrected chi connectivity index (χ1v) is 7.81. The van der Waals surface area contributed by atoms with Crippen LogP contribution in [0.3, 0.4) is 0 Å². The third kappa shape index (κ3) is 3.44. The molecular formula is C17H22FN3O2. The second-order valence-electron chi connectivity index (χ2n) is 6.03. The van der Waals surface area contributed by atoms with Crippen molar-refractivity contribution in [2.24, 2.45) is 5.73 Å². The van der Waals surface area contributed by atoms with Crippen molar-refractivity contribution in [3.63, 3.8) is 0 Å². The SMILES string of the molecule is COc1cnc2cccc(C(O)CN3CCC(N)C(F)C3)c2c1. The van der Waals surface area contributed by atoms with Crippen LogP contribution in [0.15, 0.2) is 30.5 Å². The summed E-state index contributed by atoms with van der Waals surface area (Å²) in [7, 11) is 1.58. The van der Waals surface area contributed by atoms with E-state index in [0.717, 1.165) is 16.5 Å². The molecule has 6 heteroatoms. The van der Waals surface area contributed by atoms with E-state index in [-0.39, 0.29) is 6.54 Å². The Bertz CT molecular complexity index is 682. The lowest BCUT2D eigenvalue weighted by atomic mass is 10.00. The molecule has 1 aliphatic rings. The van der Waals surface area contributed by atoms with Gasteiger partial charge in [-0.2, -0.15) is 0 Å². The molecule has 2 heterocycles. The second-order valence-corrected chi connectivity index (χ2v) is 6.03. The Hall–Kier alpha value is -1.76. The number of nitrogens with two attached hydrogens (primary N) is 1. The number of hydrogen-bond donors (Lipinski definition) is 2. The van der Waals surface area contributed by atoms with Crippen LogP contribution in [0.4, 0.5) is 4.39 Å². The average Bonchev–Trinajstić information content (AvgIpc) is 2.57. The highest BCUT2D eigenvalue weighted by Gasteiger charge is 2.27. The van der Waals surface area contributed by atoms with E-state index in [4.69, 9.17) is 10.5 Å². The summed E-state index contributed by atoms with van der Waals surface area (Å²) in [5, 5.41) is 11.5. The minimum Gasteiger partial charge on any atom is -0.495 e. The van der Waals surface area contributed by atoms with Crippen molar-refractivity contribution in [1.29, 1.82) is 0 Å². The van der Waals surface area contributed by atoms with Crippen LogP contribution in [0.5, 0.6) is 5.75 Å². The number of pyridine rings is 1. The number of alkyl halides is 1. The quantitative estimate of drug-likeness (QED) is 0.896. The highest BCUT2D eigenvalue weighted by Crippen LogP contribution is 2.27. The molecule has 0 radical (unpaired) electrons. The summed E-state index contributed by atoms with van der Waals surface area (Å²) in [4.78, 5) is 6.26. The van der Waals surface area contributed by atoms with Gasteiger partial charge in [0.15, 0.2) is 0 Å². The van der Waals surface area contributed by atoms with Crippen LogP contribution >= 0.6 is 0 Å². The second kappa shape index (κ2) is 6.78. The molecule has 124 valence electrons. The van der Waals surface area contributed by atoms with Crippen molar-refractivity contribution in [1.82, 2.24) is 9.88 Å². The summed E-state index contributed by atoms with van der Waals surface area (Å²) in [6.45, 7) is 1.35. The van der Waals surface area contributed by atoms with E-state index >= 15 is 0 Å². The summed E-state index contributed by atoms with van der Waals surface area (Å²) >= 11 is 0. The lowest BCUT2D eigenvalue weighted by Crippen LogP contribution is -2.49. The van der Waals surface area contributed by atoms with Crippen LogP contribution in [-0.2, 0) is 0 Å². The molecule has 3 N–H and O–H groups in total. The van der Waals surface area contributed by atoms with Crippen molar-refractivity contribution in [2.75, 3.05) is 26.7 Å². The van der Waals surface area contributed by atoms with E-state index < -0.39 is 18.3 Å². The zero-order chi connectivity index (χ0) is 16.4. The molecule has 0 aliphatic carbocycles. The molecule has 1 fully saturated rings. The third-order valence-electron chi connectivity index (χ3n) is 4.44. The van der Waals surface area contributed by atoms with Crippen LogP contribution in [0.25, 0.3) is 10.9 Å². The number of β-amino-alcohol motifs (C(OH)–C–C–N with tert-alkyl or cyclic N) is 1. The smallest absolute Gasteiger partial charge is 0.137 e. The fourth-order valence-electron chi connectivity index (χ4n) is 3.05. The number of piperidine rings is 1. The maximum Gasteiger partial charge on any atom is 0.137 e. The Morgan fingerprint density at radius 3 is 3.09 bits per heavy atom. The molecule has 0 amide bonds. The van der Waals surface area contributed by atoms with Crippen LogP contribution in [0.1, 0.15) is 18.1 Å². The number of rotatable bonds is 4. The fourth-order valence-corrected chi connectivity index (χ4v) is 3.05. The number of aromatic nitrogens is 1. The standard InChI is InChI=1S/C17H22FN3O2/c1-23-11-7-13-12(3-2-4-16(13)20-8-11)17(22)10-21-6-5-15(19)14(18)9-21/h2-4,7-8,14-15,17,22H,5-6,9-10,19H2,1H3. The Labute approximate surface area is 134 Å². The van der Waals surface area contributed by atoms with Crippen LogP contribution in [0, 0.1) is 0 Å². The van der Waals surface area contributed by atoms with Gasteiger partial charge in [-0.15, -0.1) is 0 Å². The molecule has 1 aromatic heterocycles.